The van der Waals surface area contributed by atoms with Crippen molar-refractivity contribution in [1.82, 2.24) is 0 Å². The maximum atomic E-state index is 12.7. The van der Waals surface area contributed by atoms with Crippen molar-refractivity contribution in [1.29, 1.82) is 0 Å². The molecule has 0 N–H and O–H groups in total. The maximum absolute atomic E-state index is 12.7. The Balaban J connectivity index is 2.50. The Morgan fingerprint density at radius 3 is 2.50 bits per heavy atom. The molecule has 1 aromatic rings. The first-order chi connectivity index (χ1) is 11.1. The van der Waals surface area contributed by atoms with Gasteiger partial charge in [0.05, 0.1) is 34.9 Å². The van der Waals surface area contributed by atoms with E-state index in [4.69, 9.17) is 4.74 Å². The molecule has 1 unspecified atom stereocenters. The minimum Gasteiger partial charge on any atom is -0.469 e. The van der Waals surface area contributed by atoms with Gasteiger partial charge in [-0.2, -0.15) is 0 Å². The Morgan fingerprint density at radius 2 is 1.92 bits per heavy atom. The van der Waals surface area contributed by atoms with Gasteiger partial charge in [0.25, 0.3) is 0 Å². The van der Waals surface area contributed by atoms with E-state index >= 15 is 0 Å². The van der Waals surface area contributed by atoms with Crippen molar-refractivity contribution < 1.29 is 23.3 Å². The third-order valence-corrected chi connectivity index (χ3v) is 4.48. The fraction of sp³-hybridized carbons (Fsp3) is 0.412. The second kappa shape index (κ2) is 6.76. The second-order valence-corrected chi connectivity index (χ2v) is 7.72. The number of carbonyl (C=O) groups excluding carboxylic acids is 2. The molecule has 0 bridgehead atoms. The van der Waals surface area contributed by atoms with Gasteiger partial charge in [0, 0.05) is 11.1 Å². The van der Waals surface area contributed by atoms with Gasteiger partial charge < -0.3 is 9.47 Å². The van der Waals surface area contributed by atoms with Crippen molar-refractivity contribution in [3.8, 4) is 0 Å². The number of ether oxygens (including phenoxy) is 2. The van der Waals surface area contributed by atoms with Gasteiger partial charge in [-0.05, 0) is 45.4 Å². The Bertz CT molecular complexity index is 733. The van der Waals surface area contributed by atoms with E-state index in [1.807, 2.05) is 13.0 Å². The zero-order valence-corrected chi connectivity index (χ0v) is 15.2. The molecule has 1 aliphatic heterocycles. The molecule has 1 aromatic carbocycles. The first-order valence-corrected chi connectivity index (χ1v) is 8.65. The predicted octanol–water partition coefficient (Wildman–Crippen LogP) is 3.26. The molecule has 0 spiro atoms. The highest BCUT2D eigenvalue weighted by molar-refractivity contribution is 7.88. The largest absolute Gasteiger partial charge is 0.469 e. The van der Waals surface area contributed by atoms with Crippen LogP contribution in [-0.4, -0.2) is 29.0 Å². The number of nitrogens with zero attached hydrogens (tertiary/aromatic N) is 1. The summed E-state index contributed by atoms with van der Waals surface area (Å²) >= 11 is 0. The van der Waals surface area contributed by atoms with E-state index in [0.717, 1.165) is 5.56 Å². The fourth-order valence-electron chi connectivity index (χ4n) is 2.23. The molecular weight excluding hydrogens is 330 g/mol. The third-order valence-electron chi connectivity index (χ3n) is 3.23. The van der Waals surface area contributed by atoms with E-state index in [1.54, 1.807) is 32.9 Å². The van der Waals surface area contributed by atoms with Crippen LogP contribution in [0.4, 0.5) is 10.5 Å². The molecule has 1 atom stereocenters. The molecule has 0 radical (unpaired) electrons. The summed E-state index contributed by atoms with van der Waals surface area (Å²) in [5.41, 5.74) is 0.964. The lowest BCUT2D eigenvalue weighted by molar-refractivity contribution is -0.139. The van der Waals surface area contributed by atoms with Crippen LogP contribution in [0.2, 0.25) is 0 Å². The lowest BCUT2D eigenvalue weighted by atomic mass is 10.2. The Morgan fingerprint density at radius 1 is 1.25 bits per heavy atom. The number of hydrogen-bond acceptors (Lipinski definition) is 5. The monoisotopic (exact) mass is 351 g/mol. The van der Waals surface area contributed by atoms with Crippen molar-refractivity contribution in [3.05, 3.63) is 34.9 Å². The van der Waals surface area contributed by atoms with Crippen LogP contribution in [-0.2, 0) is 25.1 Å². The fourth-order valence-corrected chi connectivity index (χ4v) is 3.46. The van der Waals surface area contributed by atoms with Crippen molar-refractivity contribution in [2.45, 2.75) is 44.6 Å². The summed E-state index contributed by atoms with van der Waals surface area (Å²) in [4.78, 5) is 26.1. The van der Waals surface area contributed by atoms with Crippen molar-refractivity contribution in [3.63, 3.8) is 0 Å². The van der Waals surface area contributed by atoms with Gasteiger partial charge in [0.2, 0.25) is 0 Å². The van der Waals surface area contributed by atoms with Gasteiger partial charge in [-0.3, -0.25) is 4.79 Å². The lowest BCUT2D eigenvalue weighted by Gasteiger charge is -2.32. The van der Waals surface area contributed by atoms with Gasteiger partial charge in [-0.1, -0.05) is 6.07 Å². The number of fused-ring (bicyclic) bond motifs is 1. The van der Waals surface area contributed by atoms with E-state index in [2.05, 4.69) is 4.74 Å². The van der Waals surface area contributed by atoms with E-state index in [-0.39, 0.29) is 12.1 Å². The van der Waals surface area contributed by atoms with Crippen LogP contribution >= 0.6 is 0 Å². The van der Waals surface area contributed by atoms with Crippen LogP contribution in [0, 0.1) is 6.92 Å². The summed E-state index contributed by atoms with van der Waals surface area (Å²) in [6.07, 6.45) is -0.797. The highest BCUT2D eigenvalue weighted by Crippen LogP contribution is 2.35. The van der Waals surface area contributed by atoms with E-state index in [9.17, 15) is 13.8 Å². The average molecular weight is 351 g/mol. The first-order valence-electron chi connectivity index (χ1n) is 7.44. The smallest absolute Gasteiger partial charge is 0.419 e. The first kappa shape index (κ1) is 18.2. The molecule has 24 heavy (non-hydrogen) atoms. The topological polar surface area (TPSA) is 72.9 Å². The van der Waals surface area contributed by atoms with Gasteiger partial charge in [0.1, 0.15) is 5.60 Å². The summed E-state index contributed by atoms with van der Waals surface area (Å²) in [5.74, 6) is -0.526. The summed E-state index contributed by atoms with van der Waals surface area (Å²) in [6, 6.07) is 5.28. The number of anilines is 1. The Hall–Kier alpha value is -2.15. The average Bonchev–Trinajstić information content (AvgIpc) is 2.46. The number of aryl methyl sites for hydroxylation is 1. The van der Waals surface area contributed by atoms with Crippen molar-refractivity contribution >= 4 is 28.5 Å². The highest BCUT2D eigenvalue weighted by Gasteiger charge is 2.33. The number of amides is 1. The molecule has 0 saturated heterocycles. The van der Waals surface area contributed by atoms with Crippen LogP contribution < -0.4 is 4.90 Å². The minimum absolute atomic E-state index is 0.172. The molecule has 1 amide bonds. The van der Waals surface area contributed by atoms with Crippen molar-refractivity contribution in [2.24, 2.45) is 0 Å². The molecule has 7 heteroatoms. The summed E-state index contributed by atoms with van der Waals surface area (Å²) in [5, 5.41) is 1.39. The standard InChI is InChI=1S/C17H21NO5S/c1-11-6-7-13-14(8-11)24(21)10-12(9-15(19)22-5)18(13)16(20)23-17(2,3)4/h6-8,10H,9H2,1-5H3. The molecule has 0 fully saturated rings. The Labute approximate surface area is 143 Å². The van der Waals surface area contributed by atoms with Gasteiger partial charge in [-0.15, -0.1) is 0 Å². The number of carbonyl (C=O) groups is 2. The van der Waals surface area contributed by atoms with E-state index in [0.29, 0.717) is 10.6 Å². The van der Waals surface area contributed by atoms with Gasteiger partial charge in [0.15, 0.2) is 0 Å². The second-order valence-electron chi connectivity index (χ2n) is 6.45. The molecule has 0 aliphatic carbocycles. The predicted molar refractivity (Wildman–Crippen MR) is 91.0 cm³/mol. The molecule has 130 valence electrons. The molecule has 6 nitrogen and oxygen atoms in total. The number of rotatable bonds is 2. The zero-order chi connectivity index (χ0) is 18.1. The molecule has 2 rings (SSSR count). The van der Waals surface area contributed by atoms with Gasteiger partial charge >= 0.3 is 12.1 Å². The van der Waals surface area contributed by atoms with Crippen molar-refractivity contribution in [2.75, 3.05) is 12.0 Å². The number of hydrogen-bond donors (Lipinski definition) is 0. The lowest BCUT2D eigenvalue weighted by Crippen LogP contribution is -2.39. The summed E-state index contributed by atoms with van der Waals surface area (Å²) in [6.45, 7) is 7.15. The number of benzene rings is 1. The van der Waals surface area contributed by atoms with Gasteiger partial charge in [-0.25, -0.2) is 13.9 Å². The molecule has 0 aromatic heterocycles. The van der Waals surface area contributed by atoms with E-state index in [1.165, 1.54) is 17.4 Å². The maximum Gasteiger partial charge on any atom is 0.419 e. The zero-order valence-electron chi connectivity index (χ0n) is 14.4. The molecular formula is C17H21NO5S. The number of methoxy groups -OCH3 is 1. The van der Waals surface area contributed by atoms with E-state index < -0.39 is 28.5 Å². The third kappa shape index (κ3) is 4.03. The summed E-state index contributed by atoms with van der Waals surface area (Å²) < 4.78 is 22.6. The minimum atomic E-state index is -1.45. The van der Waals surface area contributed by atoms with Crippen LogP contribution in [0.1, 0.15) is 32.8 Å². The molecule has 1 aliphatic rings. The summed E-state index contributed by atoms with van der Waals surface area (Å²) in [7, 11) is -0.192. The molecule has 0 saturated carbocycles. The number of esters is 1. The molecule has 1 heterocycles. The Kier molecular flexibility index (Phi) is 5.13. The highest BCUT2D eigenvalue weighted by atomic mass is 32.2. The quantitative estimate of drug-likeness (QED) is 0.765. The van der Waals surface area contributed by atoms with Crippen LogP contribution in [0.5, 0.6) is 0 Å². The SMILES string of the molecule is COC(=O)CC1=CS(=O)c2cc(C)ccc2N1C(=O)OC(C)(C)C. The normalized spacial score (nSPS) is 17.0. The van der Waals surface area contributed by atoms with Crippen LogP contribution in [0.25, 0.3) is 0 Å². The van der Waals surface area contributed by atoms with Crippen LogP contribution in [0.15, 0.2) is 34.2 Å². The van der Waals surface area contributed by atoms with Crippen LogP contribution in [0.3, 0.4) is 0 Å².